The number of halogens is 1. The molecule has 1 atom stereocenters. The van der Waals surface area contributed by atoms with E-state index in [1.54, 1.807) is 44.8 Å². The molecule has 0 saturated carbocycles. The first-order valence-electron chi connectivity index (χ1n) is 16.1. The van der Waals surface area contributed by atoms with Gasteiger partial charge in [-0.05, 0) is 57.0 Å². The highest BCUT2D eigenvalue weighted by Crippen LogP contribution is 2.36. The number of nitrogens with two attached hydrogens (primary N) is 1. The molecule has 0 unspecified atom stereocenters. The third-order valence-corrected chi connectivity index (χ3v) is 9.10. The molecule has 2 fully saturated rings. The minimum atomic E-state index is -0.620. The maximum Gasteiger partial charge on any atom is 0.409 e. The fraction of sp³-hybridized carbons (Fsp3) is 0.371. The van der Waals surface area contributed by atoms with Crippen molar-refractivity contribution >= 4 is 28.9 Å². The molecule has 0 radical (unpaired) electrons. The van der Waals surface area contributed by atoms with E-state index in [4.69, 9.17) is 20.3 Å². The molecule has 254 valence electrons. The largest absolute Gasteiger partial charge is 0.457 e. The highest BCUT2D eigenvalue weighted by molar-refractivity contribution is 5.99. The molecule has 2 saturated heterocycles. The van der Waals surface area contributed by atoms with Crippen LogP contribution in [0.4, 0.5) is 15.0 Å². The molecule has 0 spiro atoms. The monoisotopic (exact) mass is 667 g/mol. The van der Waals surface area contributed by atoms with Crippen molar-refractivity contribution in [1.82, 2.24) is 34.4 Å². The summed E-state index contributed by atoms with van der Waals surface area (Å²) in [5, 5.41) is 15.3. The van der Waals surface area contributed by atoms with Crippen molar-refractivity contribution in [3.8, 4) is 28.8 Å². The standard InChI is InChI=1S/C35H38FN9O4/c1-35(2,44-16-14-42(15-17-44)34(47)48-3)19-23(20-37)33(46)43-13-7-8-24(21-43)45-32-29(31(38)39-22-40-32)30(41-45)27-12-11-26(18-28(27)36)49-25-9-5-4-6-10-25/h4-6,9-12,18-19,22,24H,7-8,13-17,21H2,1-3H3,(H2,38,39,40)/b23-19-/t24-/m1/s1. The van der Waals surface area contributed by atoms with Crippen molar-refractivity contribution in [3.05, 3.63) is 72.3 Å². The van der Waals surface area contributed by atoms with E-state index in [2.05, 4.69) is 20.9 Å². The fourth-order valence-corrected chi connectivity index (χ4v) is 6.50. The minimum absolute atomic E-state index is 0.0403. The van der Waals surface area contributed by atoms with Crippen LogP contribution in [0.3, 0.4) is 0 Å². The third-order valence-electron chi connectivity index (χ3n) is 9.10. The van der Waals surface area contributed by atoms with Crippen LogP contribution in [0.25, 0.3) is 22.3 Å². The van der Waals surface area contributed by atoms with Crippen LogP contribution in [0.1, 0.15) is 32.7 Å². The molecule has 49 heavy (non-hydrogen) atoms. The molecule has 4 heterocycles. The second-order valence-electron chi connectivity index (χ2n) is 12.6. The second kappa shape index (κ2) is 13.9. The fourth-order valence-electron chi connectivity index (χ4n) is 6.50. The van der Waals surface area contributed by atoms with Crippen LogP contribution in [-0.4, -0.2) is 98.4 Å². The number of rotatable bonds is 7. The van der Waals surface area contributed by atoms with E-state index in [0.29, 0.717) is 68.1 Å². The molecular formula is C35H38FN9O4. The molecule has 2 aliphatic rings. The van der Waals surface area contributed by atoms with E-state index in [-0.39, 0.29) is 47.2 Å². The van der Waals surface area contributed by atoms with Crippen LogP contribution in [0.15, 0.2) is 66.5 Å². The van der Waals surface area contributed by atoms with Gasteiger partial charge >= 0.3 is 6.09 Å². The zero-order valence-corrected chi connectivity index (χ0v) is 27.7. The van der Waals surface area contributed by atoms with Crippen LogP contribution < -0.4 is 10.5 Å². The molecular weight excluding hydrogens is 629 g/mol. The first kappa shape index (κ1) is 33.4. The van der Waals surface area contributed by atoms with E-state index >= 15 is 4.39 Å². The number of carbonyl (C=O) groups is 2. The van der Waals surface area contributed by atoms with Crippen molar-refractivity contribution in [3.63, 3.8) is 0 Å². The Morgan fingerprint density at radius 2 is 1.80 bits per heavy atom. The number of nitrogens with zero attached hydrogens (tertiary/aromatic N) is 8. The second-order valence-corrected chi connectivity index (χ2v) is 12.6. The van der Waals surface area contributed by atoms with E-state index < -0.39 is 11.4 Å². The highest BCUT2D eigenvalue weighted by Gasteiger charge is 2.34. The Morgan fingerprint density at radius 3 is 2.49 bits per heavy atom. The van der Waals surface area contributed by atoms with E-state index in [9.17, 15) is 14.9 Å². The van der Waals surface area contributed by atoms with Gasteiger partial charge in [0, 0.05) is 56.4 Å². The summed E-state index contributed by atoms with van der Waals surface area (Å²) in [7, 11) is 1.36. The van der Waals surface area contributed by atoms with Crippen molar-refractivity contribution < 1.29 is 23.5 Å². The van der Waals surface area contributed by atoms with Gasteiger partial charge in [0.25, 0.3) is 5.91 Å². The van der Waals surface area contributed by atoms with Gasteiger partial charge in [-0.15, -0.1) is 0 Å². The Labute approximate surface area is 283 Å². The van der Waals surface area contributed by atoms with E-state index in [0.717, 1.165) is 0 Å². The summed E-state index contributed by atoms with van der Waals surface area (Å²) in [6.07, 6.45) is 4.00. The lowest BCUT2D eigenvalue weighted by Crippen LogP contribution is -2.55. The summed E-state index contributed by atoms with van der Waals surface area (Å²) in [5.41, 5.74) is 6.65. The van der Waals surface area contributed by atoms with Gasteiger partial charge in [-0.3, -0.25) is 9.69 Å². The number of nitriles is 1. The average Bonchev–Trinajstić information content (AvgIpc) is 3.51. The van der Waals surface area contributed by atoms with Gasteiger partial charge in [0.15, 0.2) is 5.65 Å². The zero-order valence-electron chi connectivity index (χ0n) is 27.7. The summed E-state index contributed by atoms with van der Waals surface area (Å²) < 4.78 is 28.0. The van der Waals surface area contributed by atoms with Gasteiger partial charge in [0.1, 0.15) is 46.8 Å². The molecule has 2 aromatic carbocycles. The predicted octanol–water partition coefficient (Wildman–Crippen LogP) is 4.78. The number of fused-ring (bicyclic) bond motifs is 1. The average molecular weight is 668 g/mol. The molecule has 4 aromatic rings. The third kappa shape index (κ3) is 6.88. The van der Waals surface area contributed by atoms with Crippen LogP contribution in [0, 0.1) is 17.1 Å². The number of amides is 2. The summed E-state index contributed by atoms with van der Waals surface area (Å²) >= 11 is 0. The molecule has 14 heteroatoms. The minimum Gasteiger partial charge on any atom is -0.457 e. The van der Waals surface area contributed by atoms with E-state index in [1.165, 1.54) is 19.5 Å². The number of anilines is 1. The van der Waals surface area contributed by atoms with Crippen LogP contribution in [0.2, 0.25) is 0 Å². The molecule has 2 aromatic heterocycles. The zero-order chi connectivity index (χ0) is 34.7. The number of ether oxygens (including phenoxy) is 2. The number of aromatic nitrogens is 4. The maximum absolute atomic E-state index is 15.7. The number of piperidine rings is 1. The number of likely N-dealkylation sites (tertiary alicyclic amines) is 1. The quantitative estimate of drug-likeness (QED) is 0.215. The number of hydrogen-bond acceptors (Lipinski definition) is 10. The number of methoxy groups -OCH3 is 1. The normalized spacial score (nSPS) is 17.5. The van der Waals surface area contributed by atoms with Gasteiger partial charge in [0.2, 0.25) is 0 Å². The molecule has 0 aliphatic carbocycles. The Hall–Kier alpha value is -5.55. The molecule has 0 bridgehead atoms. The van der Waals surface area contributed by atoms with Crippen LogP contribution >= 0.6 is 0 Å². The van der Waals surface area contributed by atoms with E-state index in [1.807, 2.05) is 32.0 Å². The number of nitrogen functional groups attached to an aromatic ring is 1. The molecule has 6 rings (SSSR count). The van der Waals surface area contributed by atoms with Crippen LogP contribution in [0.5, 0.6) is 11.5 Å². The van der Waals surface area contributed by atoms with Crippen LogP contribution in [-0.2, 0) is 9.53 Å². The van der Waals surface area contributed by atoms with Crippen molar-refractivity contribution in [2.45, 2.75) is 38.3 Å². The topological polar surface area (TPSA) is 156 Å². The first-order chi connectivity index (χ1) is 23.6. The number of piperazine rings is 1. The van der Waals surface area contributed by atoms with Crippen molar-refractivity contribution in [2.24, 2.45) is 0 Å². The van der Waals surface area contributed by atoms with Gasteiger partial charge in [-0.25, -0.2) is 23.8 Å². The van der Waals surface area contributed by atoms with Crippen molar-refractivity contribution in [2.75, 3.05) is 52.1 Å². The van der Waals surface area contributed by atoms with Gasteiger partial charge in [-0.2, -0.15) is 10.4 Å². The predicted molar refractivity (Wildman–Crippen MR) is 180 cm³/mol. The van der Waals surface area contributed by atoms with Gasteiger partial charge in [-0.1, -0.05) is 18.2 Å². The van der Waals surface area contributed by atoms with Gasteiger partial charge in [0.05, 0.1) is 18.5 Å². The molecule has 2 amide bonds. The Morgan fingerprint density at radius 1 is 1.04 bits per heavy atom. The Balaban J connectivity index is 1.23. The number of hydrogen-bond donors (Lipinski definition) is 1. The maximum atomic E-state index is 15.7. The Kier molecular flexibility index (Phi) is 9.46. The summed E-state index contributed by atoms with van der Waals surface area (Å²) in [5.74, 6) is 0.134. The first-order valence-corrected chi connectivity index (χ1v) is 16.1. The lowest BCUT2D eigenvalue weighted by molar-refractivity contribution is -0.128. The molecule has 2 N–H and O–H groups in total. The molecule has 2 aliphatic heterocycles. The highest BCUT2D eigenvalue weighted by atomic mass is 19.1. The number of para-hydroxylation sites is 1. The van der Waals surface area contributed by atoms with Gasteiger partial charge < -0.3 is 25.0 Å². The number of carbonyl (C=O) groups excluding carboxylic acids is 2. The number of benzene rings is 2. The lowest BCUT2D eigenvalue weighted by atomic mass is 9.96. The smallest absolute Gasteiger partial charge is 0.409 e. The summed E-state index contributed by atoms with van der Waals surface area (Å²) in [6, 6.07) is 15.4. The lowest BCUT2D eigenvalue weighted by Gasteiger charge is -2.42. The summed E-state index contributed by atoms with van der Waals surface area (Å²) in [4.78, 5) is 39.8. The Bertz CT molecular complexity index is 1930. The SMILES string of the molecule is COC(=O)N1CCN(C(C)(C)/C=C(/C#N)C(=O)N2CCC[C@@H](n3nc(-c4ccc(Oc5ccccc5)cc4F)c4c(N)ncnc43)C2)CC1. The van der Waals surface area contributed by atoms with Crippen molar-refractivity contribution in [1.29, 1.82) is 5.26 Å². The summed E-state index contributed by atoms with van der Waals surface area (Å²) in [6.45, 7) is 6.74. The molecule has 13 nitrogen and oxygen atoms in total.